The zero-order chi connectivity index (χ0) is 15.1. The molecule has 21 heavy (non-hydrogen) atoms. The average molecular weight is 287 g/mol. The first-order valence-corrected chi connectivity index (χ1v) is 6.86. The number of rotatable bonds is 6. The topological polar surface area (TPSA) is 81.2 Å². The third kappa shape index (κ3) is 4.24. The van der Waals surface area contributed by atoms with E-state index in [9.17, 15) is 9.59 Å². The lowest BCUT2D eigenvalue weighted by Crippen LogP contribution is -2.26. The van der Waals surface area contributed by atoms with Gasteiger partial charge in [-0.3, -0.25) is 14.6 Å². The molecule has 0 saturated heterocycles. The molecule has 0 saturated carbocycles. The number of hydrogen-bond acceptors (Lipinski definition) is 5. The summed E-state index contributed by atoms with van der Waals surface area (Å²) in [6.07, 6.45) is 2.27. The lowest BCUT2D eigenvalue weighted by atomic mass is 10.3. The van der Waals surface area contributed by atoms with Crippen LogP contribution in [-0.4, -0.2) is 35.0 Å². The molecule has 1 amide bonds. The van der Waals surface area contributed by atoms with Crippen LogP contribution in [0.15, 0.2) is 30.5 Å². The Morgan fingerprint density at radius 2 is 2.00 bits per heavy atom. The van der Waals surface area contributed by atoms with Crippen LogP contribution in [0, 0.1) is 0 Å². The molecule has 0 aliphatic carbocycles. The molecule has 0 spiro atoms. The summed E-state index contributed by atoms with van der Waals surface area (Å²) in [5.41, 5.74) is 1.69. The highest BCUT2D eigenvalue weighted by Crippen LogP contribution is 2.08. The molecule has 2 aromatic rings. The Hall–Kier alpha value is -2.50. The fourth-order valence-electron chi connectivity index (χ4n) is 1.82. The Morgan fingerprint density at radius 3 is 2.76 bits per heavy atom. The highest BCUT2D eigenvalue weighted by molar-refractivity contribution is 5.93. The summed E-state index contributed by atoms with van der Waals surface area (Å²) in [4.78, 5) is 31.5. The zero-order valence-corrected chi connectivity index (χ0v) is 11.8. The highest BCUT2D eigenvalue weighted by Gasteiger charge is 2.09. The number of ether oxygens (including phenoxy) is 1. The van der Waals surface area contributed by atoms with Gasteiger partial charge in [-0.1, -0.05) is 12.1 Å². The summed E-state index contributed by atoms with van der Waals surface area (Å²) in [7, 11) is 0. The predicted molar refractivity (Wildman–Crippen MR) is 77.7 cm³/mol. The van der Waals surface area contributed by atoms with Crippen LogP contribution in [-0.2, 0) is 9.53 Å². The van der Waals surface area contributed by atoms with Gasteiger partial charge >= 0.3 is 5.97 Å². The molecule has 0 aliphatic rings. The minimum Gasteiger partial charge on any atom is -0.466 e. The second kappa shape index (κ2) is 7.33. The minimum atomic E-state index is -0.294. The number of para-hydroxylation sites is 2. The molecule has 0 atom stereocenters. The smallest absolute Gasteiger partial charge is 0.305 e. The van der Waals surface area contributed by atoms with E-state index >= 15 is 0 Å². The summed E-state index contributed by atoms with van der Waals surface area (Å²) in [6, 6.07) is 7.35. The van der Waals surface area contributed by atoms with E-state index in [1.807, 2.05) is 18.2 Å². The number of hydrogen-bond donors (Lipinski definition) is 1. The van der Waals surface area contributed by atoms with E-state index in [4.69, 9.17) is 4.74 Å². The van der Waals surface area contributed by atoms with Crippen LogP contribution in [0.2, 0.25) is 0 Å². The van der Waals surface area contributed by atoms with Crippen molar-refractivity contribution in [2.24, 2.45) is 0 Å². The summed E-state index contributed by atoms with van der Waals surface area (Å²) in [6.45, 7) is 2.53. The highest BCUT2D eigenvalue weighted by atomic mass is 16.5. The number of benzene rings is 1. The number of aromatic nitrogens is 2. The number of carbonyl (C=O) groups excluding carboxylic acids is 2. The van der Waals surface area contributed by atoms with Gasteiger partial charge in [0, 0.05) is 13.0 Å². The van der Waals surface area contributed by atoms with Crippen molar-refractivity contribution in [1.82, 2.24) is 15.3 Å². The number of amides is 1. The number of nitrogens with one attached hydrogen (secondary N) is 1. The maximum atomic E-state index is 11.9. The first-order chi connectivity index (χ1) is 10.2. The fraction of sp³-hybridized carbons (Fsp3) is 0.333. The van der Waals surface area contributed by atoms with Crippen LogP contribution in [0.3, 0.4) is 0 Å². The van der Waals surface area contributed by atoms with Crippen LogP contribution in [0.5, 0.6) is 0 Å². The molecule has 0 unspecified atom stereocenters. The maximum absolute atomic E-state index is 11.9. The molecule has 1 heterocycles. The summed E-state index contributed by atoms with van der Waals surface area (Å²) < 4.78 is 4.81. The molecule has 1 aromatic carbocycles. The quantitative estimate of drug-likeness (QED) is 0.646. The molecule has 1 N–H and O–H groups in total. The van der Waals surface area contributed by atoms with Crippen molar-refractivity contribution in [3.05, 3.63) is 36.2 Å². The molecular weight excluding hydrogens is 270 g/mol. The monoisotopic (exact) mass is 287 g/mol. The second-order valence-electron chi connectivity index (χ2n) is 4.41. The van der Waals surface area contributed by atoms with E-state index in [2.05, 4.69) is 15.3 Å². The van der Waals surface area contributed by atoms with Crippen LogP contribution in [0.4, 0.5) is 0 Å². The van der Waals surface area contributed by atoms with Gasteiger partial charge in [-0.15, -0.1) is 0 Å². The Morgan fingerprint density at radius 1 is 1.24 bits per heavy atom. The summed E-state index contributed by atoms with van der Waals surface area (Å²) in [5, 5.41) is 2.71. The van der Waals surface area contributed by atoms with Gasteiger partial charge in [-0.05, 0) is 25.5 Å². The lowest BCUT2D eigenvalue weighted by Gasteiger charge is -2.05. The van der Waals surface area contributed by atoms with E-state index in [1.165, 1.54) is 6.20 Å². The fourth-order valence-corrected chi connectivity index (χ4v) is 1.82. The van der Waals surface area contributed by atoms with Crippen LogP contribution in [0.25, 0.3) is 11.0 Å². The number of esters is 1. The minimum absolute atomic E-state index is 0.253. The SMILES string of the molecule is CCOC(=O)CCCNC(=O)c1cnc2ccccc2n1. The third-order valence-electron chi connectivity index (χ3n) is 2.83. The van der Waals surface area contributed by atoms with Crippen molar-refractivity contribution >= 4 is 22.9 Å². The number of nitrogens with zero attached hydrogens (tertiary/aromatic N) is 2. The first-order valence-electron chi connectivity index (χ1n) is 6.86. The number of carbonyl (C=O) groups is 2. The van der Waals surface area contributed by atoms with Gasteiger partial charge in [-0.2, -0.15) is 0 Å². The van der Waals surface area contributed by atoms with Gasteiger partial charge in [0.1, 0.15) is 5.69 Å². The van der Waals surface area contributed by atoms with E-state index in [0.29, 0.717) is 25.1 Å². The van der Waals surface area contributed by atoms with Crippen molar-refractivity contribution in [3.63, 3.8) is 0 Å². The van der Waals surface area contributed by atoms with Gasteiger partial charge in [0.25, 0.3) is 5.91 Å². The first kappa shape index (κ1) is 14.9. The maximum Gasteiger partial charge on any atom is 0.305 e. The molecule has 6 nitrogen and oxygen atoms in total. The molecule has 0 bridgehead atoms. The van der Waals surface area contributed by atoms with Crippen molar-refractivity contribution in [3.8, 4) is 0 Å². The molecule has 110 valence electrons. The van der Waals surface area contributed by atoms with Gasteiger partial charge < -0.3 is 10.1 Å². The Labute approximate surface area is 122 Å². The van der Waals surface area contributed by atoms with Crippen molar-refractivity contribution in [2.45, 2.75) is 19.8 Å². The second-order valence-corrected chi connectivity index (χ2v) is 4.41. The third-order valence-corrected chi connectivity index (χ3v) is 2.83. The molecule has 1 aromatic heterocycles. The van der Waals surface area contributed by atoms with Gasteiger partial charge in [0.2, 0.25) is 0 Å². The summed E-state index contributed by atoms with van der Waals surface area (Å²) in [5.74, 6) is -0.547. The Kier molecular flexibility index (Phi) is 5.20. The van der Waals surface area contributed by atoms with Gasteiger partial charge in [-0.25, -0.2) is 4.98 Å². The van der Waals surface area contributed by atoms with Crippen molar-refractivity contribution in [1.29, 1.82) is 0 Å². The number of fused-ring (bicyclic) bond motifs is 1. The van der Waals surface area contributed by atoms with Crippen LogP contribution in [0.1, 0.15) is 30.3 Å². The van der Waals surface area contributed by atoms with Crippen LogP contribution >= 0.6 is 0 Å². The predicted octanol–water partition coefficient (Wildman–Crippen LogP) is 1.70. The molecule has 0 radical (unpaired) electrons. The van der Waals surface area contributed by atoms with E-state index in [1.54, 1.807) is 13.0 Å². The van der Waals surface area contributed by atoms with Gasteiger partial charge in [0.05, 0.1) is 23.8 Å². The zero-order valence-electron chi connectivity index (χ0n) is 11.8. The van der Waals surface area contributed by atoms with E-state index < -0.39 is 0 Å². The Bertz CT molecular complexity index is 643. The van der Waals surface area contributed by atoms with E-state index in [-0.39, 0.29) is 24.0 Å². The van der Waals surface area contributed by atoms with E-state index in [0.717, 1.165) is 5.52 Å². The molecular formula is C15H17N3O3. The normalized spacial score (nSPS) is 10.3. The lowest BCUT2D eigenvalue weighted by molar-refractivity contribution is -0.143. The Balaban J connectivity index is 1.86. The molecule has 0 fully saturated rings. The molecule has 0 aliphatic heterocycles. The summed E-state index contributed by atoms with van der Waals surface area (Å²) >= 11 is 0. The largest absolute Gasteiger partial charge is 0.466 e. The van der Waals surface area contributed by atoms with Crippen molar-refractivity contribution in [2.75, 3.05) is 13.2 Å². The van der Waals surface area contributed by atoms with Crippen molar-refractivity contribution < 1.29 is 14.3 Å². The standard InChI is InChI=1S/C15H17N3O3/c1-2-21-14(19)8-5-9-16-15(20)13-10-17-11-6-3-4-7-12(11)18-13/h3-4,6-7,10H,2,5,8-9H2,1H3,(H,16,20). The average Bonchev–Trinajstić information content (AvgIpc) is 2.51. The molecule has 2 rings (SSSR count). The van der Waals surface area contributed by atoms with Gasteiger partial charge in [0.15, 0.2) is 0 Å². The van der Waals surface area contributed by atoms with Crippen LogP contribution < -0.4 is 5.32 Å². The molecule has 6 heteroatoms.